The zero-order chi connectivity index (χ0) is 14.2. The van der Waals surface area contributed by atoms with Crippen molar-refractivity contribution in [2.75, 3.05) is 7.11 Å². The maximum atomic E-state index is 12.1. The van der Waals surface area contributed by atoms with E-state index in [4.69, 9.17) is 4.42 Å². The average molecular weight is 274 g/mol. The van der Waals surface area contributed by atoms with Gasteiger partial charge in [0.15, 0.2) is 0 Å². The van der Waals surface area contributed by atoms with Gasteiger partial charge in [-0.25, -0.2) is 4.79 Å². The molecule has 0 fully saturated rings. The van der Waals surface area contributed by atoms with Crippen molar-refractivity contribution < 1.29 is 31.9 Å². The molecule has 0 aliphatic carbocycles. The molecule has 0 bridgehead atoms. The zero-order valence-corrected chi connectivity index (χ0v) is 10.00. The van der Waals surface area contributed by atoms with Gasteiger partial charge in [0.1, 0.15) is 22.7 Å². The van der Waals surface area contributed by atoms with Crippen molar-refractivity contribution in [2.24, 2.45) is 0 Å². The minimum atomic E-state index is -4.79. The molecule has 0 saturated carbocycles. The molecule has 1 heterocycles. The van der Waals surface area contributed by atoms with Gasteiger partial charge in [-0.2, -0.15) is 0 Å². The second kappa shape index (κ2) is 4.49. The molecule has 0 spiro atoms. The SMILES string of the molecule is COC(=O)c1c(C)oc2ccc(OC(F)(F)F)cc12. The van der Waals surface area contributed by atoms with Gasteiger partial charge >= 0.3 is 12.3 Å². The van der Waals surface area contributed by atoms with E-state index in [2.05, 4.69) is 9.47 Å². The minimum absolute atomic E-state index is 0.0881. The van der Waals surface area contributed by atoms with Crippen LogP contribution >= 0.6 is 0 Å². The van der Waals surface area contributed by atoms with Crippen molar-refractivity contribution in [1.82, 2.24) is 0 Å². The van der Waals surface area contributed by atoms with E-state index in [1.165, 1.54) is 20.1 Å². The third-order valence-electron chi connectivity index (χ3n) is 2.46. The Morgan fingerprint density at radius 1 is 1.32 bits per heavy atom. The molecule has 0 atom stereocenters. The molecule has 1 aromatic heterocycles. The number of esters is 1. The summed E-state index contributed by atoms with van der Waals surface area (Å²) in [5.41, 5.74) is 0.373. The summed E-state index contributed by atoms with van der Waals surface area (Å²) < 4.78 is 50.0. The molecule has 0 amide bonds. The molecular weight excluding hydrogens is 265 g/mol. The fourth-order valence-electron chi connectivity index (χ4n) is 1.75. The fraction of sp³-hybridized carbons (Fsp3) is 0.250. The van der Waals surface area contributed by atoms with Crippen molar-refractivity contribution in [3.05, 3.63) is 29.5 Å². The first-order chi connectivity index (χ1) is 8.81. The molecule has 0 unspecified atom stereocenters. The summed E-state index contributed by atoms with van der Waals surface area (Å²) in [6, 6.07) is 3.50. The molecule has 0 saturated heterocycles. The van der Waals surface area contributed by atoms with Crippen LogP contribution in [0.3, 0.4) is 0 Å². The molecule has 1 aromatic carbocycles. The molecular formula is C12H9F3O4. The Bertz CT molecular complexity index is 628. The Labute approximate surface area is 105 Å². The average Bonchev–Trinajstić information content (AvgIpc) is 2.61. The van der Waals surface area contributed by atoms with Gasteiger partial charge in [-0.05, 0) is 25.1 Å². The summed E-state index contributed by atoms with van der Waals surface area (Å²) in [5.74, 6) is -0.836. The maximum absolute atomic E-state index is 12.1. The Kier molecular flexibility index (Phi) is 3.13. The van der Waals surface area contributed by atoms with Crippen LogP contribution < -0.4 is 4.74 Å². The van der Waals surface area contributed by atoms with Crippen molar-refractivity contribution in [3.8, 4) is 5.75 Å². The number of carbonyl (C=O) groups excluding carboxylic acids is 1. The number of furan rings is 1. The number of ether oxygens (including phenoxy) is 2. The first-order valence-electron chi connectivity index (χ1n) is 5.19. The van der Waals surface area contributed by atoms with Crippen LogP contribution in [0.2, 0.25) is 0 Å². The number of rotatable bonds is 2. The molecule has 2 aromatic rings. The van der Waals surface area contributed by atoms with Crippen molar-refractivity contribution in [3.63, 3.8) is 0 Å². The molecule has 0 aliphatic rings. The van der Waals surface area contributed by atoms with Crippen LogP contribution in [0.5, 0.6) is 5.75 Å². The number of hydrogen-bond acceptors (Lipinski definition) is 4. The Hall–Kier alpha value is -2.18. The molecule has 2 rings (SSSR count). The third-order valence-corrected chi connectivity index (χ3v) is 2.46. The van der Waals surface area contributed by atoms with E-state index < -0.39 is 18.1 Å². The minimum Gasteiger partial charge on any atom is -0.465 e. The first-order valence-corrected chi connectivity index (χ1v) is 5.19. The molecule has 102 valence electrons. The number of hydrogen-bond donors (Lipinski definition) is 0. The van der Waals surface area contributed by atoms with E-state index in [0.29, 0.717) is 0 Å². The monoisotopic (exact) mass is 274 g/mol. The topological polar surface area (TPSA) is 48.7 Å². The zero-order valence-electron chi connectivity index (χ0n) is 10.00. The second-order valence-corrected chi connectivity index (χ2v) is 3.73. The van der Waals surface area contributed by atoms with Gasteiger partial charge < -0.3 is 13.9 Å². The van der Waals surface area contributed by atoms with E-state index in [9.17, 15) is 18.0 Å². The van der Waals surface area contributed by atoms with Gasteiger partial charge in [0.05, 0.1) is 7.11 Å². The van der Waals surface area contributed by atoms with Crippen molar-refractivity contribution >= 4 is 16.9 Å². The Morgan fingerprint density at radius 2 is 2.00 bits per heavy atom. The molecule has 19 heavy (non-hydrogen) atoms. The van der Waals surface area contributed by atoms with Gasteiger partial charge in [0, 0.05) is 5.39 Å². The molecule has 4 nitrogen and oxygen atoms in total. The van der Waals surface area contributed by atoms with Gasteiger partial charge in [0.2, 0.25) is 0 Å². The highest BCUT2D eigenvalue weighted by atomic mass is 19.4. The predicted octanol–water partition coefficient (Wildman–Crippen LogP) is 3.43. The number of alkyl halides is 3. The summed E-state index contributed by atoms with van der Waals surface area (Å²) in [6.45, 7) is 1.52. The van der Waals surface area contributed by atoms with E-state index in [-0.39, 0.29) is 22.3 Å². The summed E-state index contributed by atoms with van der Waals surface area (Å²) in [6.07, 6.45) is -4.79. The maximum Gasteiger partial charge on any atom is 0.573 e. The van der Waals surface area contributed by atoms with Gasteiger partial charge in [-0.3, -0.25) is 0 Å². The highest BCUT2D eigenvalue weighted by Gasteiger charge is 2.31. The normalized spacial score (nSPS) is 11.6. The number of aryl methyl sites for hydroxylation is 1. The lowest BCUT2D eigenvalue weighted by molar-refractivity contribution is -0.274. The molecule has 0 aliphatic heterocycles. The van der Waals surface area contributed by atoms with Crippen molar-refractivity contribution in [1.29, 1.82) is 0 Å². The van der Waals surface area contributed by atoms with E-state index in [0.717, 1.165) is 12.1 Å². The van der Waals surface area contributed by atoms with Crippen molar-refractivity contribution in [2.45, 2.75) is 13.3 Å². The lowest BCUT2D eigenvalue weighted by Crippen LogP contribution is -2.17. The smallest absolute Gasteiger partial charge is 0.465 e. The summed E-state index contributed by atoms with van der Waals surface area (Å²) in [4.78, 5) is 11.6. The predicted molar refractivity (Wildman–Crippen MR) is 59.0 cm³/mol. The van der Waals surface area contributed by atoms with Crippen LogP contribution in [0.25, 0.3) is 11.0 Å². The third kappa shape index (κ3) is 2.64. The van der Waals surface area contributed by atoms with Gasteiger partial charge in [-0.15, -0.1) is 13.2 Å². The van der Waals surface area contributed by atoms with E-state index >= 15 is 0 Å². The first kappa shape index (κ1) is 13.3. The van der Waals surface area contributed by atoms with Gasteiger partial charge in [0.25, 0.3) is 0 Å². The Balaban J connectivity index is 2.54. The highest BCUT2D eigenvalue weighted by Crippen LogP contribution is 2.31. The van der Waals surface area contributed by atoms with Gasteiger partial charge in [-0.1, -0.05) is 0 Å². The lowest BCUT2D eigenvalue weighted by atomic mass is 10.1. The fourth-order valence-corrected chi connectivity index (χ4v) is 1.75. The molecule has 7 heteroatoms. The van der Waals surface area contributed by atoms with Crippen LogP contribution in [0.15, 0.2) is 22.6 Å². The van der Waals surface area contributed by atoms with E-state index in [1.54, 1.807) is 0 Å². The number of halogens is 3. The number of fused-ring (bicyclic) bond motifs is 1. The summed E-state index contributed by atoms with van der Waals surface area (Å²) in [7, 11) is 1.18. The Morgan fingerprint density at radius 3 is 2.58 bits per heavy atom. The quantitative estimate of drug-likeness (QED) is 0.787. The highest BCUT2D eigenvalue weighted by molar-refractivity contribution is 6.04. The number of benzene rings is 1. The standard InChI is InChI=1S/C12H9F3O4/c1-6-10(11(16)17-2)8-5-7(19-12(13,14)15)3-4-9(8)18-6/h3-5H,1-2H3. The van der Waals surface area contributed by atoms with Crippen LogP contribution in [-0.2, 0) is 4.74 Å². The second-order valence-electron chi connectivity index (χ2n) is 3.73. The largest absolute Gasteiger partial charge is 0.573 e. The lowest BCUT2D eigenvalue weighted by Gasteiger charge is -2.08. The molecule has 0 radical (unpaired) electrons. The molecule has 0 N–H and O–H groups in total. The van der Waals surface area contributed by atoms with Crippen LogP contribution in [-0.4, -0.2) is 19.4 Å². The van der Waals surface area contributed by atoms with Crippen LogP contribution in [0.4, 0.5) is 13.2 Å². The summed E-state index contributed by atoms with van der Waals surface area (Å²) >= 11 is 0. The van der Waals surface area contributed by atoms with Crippen LogP contribution in [0.1, 0.15) is 16.1 Å². The van der Waals surface area contributed by atoms with E-state index in [1.807, 2.05) is 0 Å². The number of carbonyl (C=O) groups is 1. The number of methoxy groups -OCH3 is 1. The van der Waals surface area contributed by atoms with Crippen LogP contribution in [0, 0.1) is 6.92 Å². The summed E-state index contributed by atoms with van der Waals surface area (Å²) in [5, 5.41) is 0.214.